The van der Waals surface area contributed by atoms with Crippen LogP contribution in [0.3, 0.4) is 0 Å². The van der Waals surface area contributed by atoms with Gasteiger partial charge in [0.05, 0.1) is 7.11 Å². The lowest BCUT2D eigenvalue weighted by Crippen LogP contribution is -2.50. The minimum atomic E-state index is -0.598. The van der Waals surface area contributed by atoms with Gasteiger partial charge in [-0.1, -0.05) is 79.7 Å². The van der Waals surface area contributed by atoms with Crippen LogP contribution in [0, 0.1) is 0 Å². The van der Waals surface area contributed by atoms with Gasteiger partial charge in [0, 0.05) is 25.9 Å². The lowest BCUT2D eigenvalue weighted by Gasteiger charge is -2.31. The number of ether oxygens (including phenoxy) is 1. The smallest absolute Gasteiger partial charge is 0.243 e. The third kappa shape index (κ3) is 7.48. The van der Waals surface area contributed by atoms with Crippen LogP contribution in [0.5, 0.6) is 5.75 Å². The summed E-state index contributed by atoms with van der Waals surface area (Å²) in [5.41, 5.74) is 3.15. The van der Waals surface area contributed by atoms with E-state index in [1.165, 1.54) is 5.56 Å². The molecule has 5 heteroatoms. The van der Waals surface area contributed by atoms with E-state index in [0.717, 1.165) is 29.7 Å². The summed E-state index contributed by atoms with van der Waals surface area (Å²) in [5, 5.41) is 3.08. The number of hydrogen-bond donors (Lipinski definition) is 1. The first-order chi connectivity index (χ1) is 16.6. The van der Waals surface area contributed by atoms with Crippen molar-refractivity contribution < 1.29 is 14.3 Å². The van der Waals surface area contributed by atoms with Crippen molar-refractivity contribution in [2.75, 3.05) is 13.7 Å². The molecule has 34 heavy (non-hydrogen) atoms. The van der Waals surface area contributed by atoms with Gasteiger partial charge in [-0.25, -0.2) is 0 Å². The van der Waals surface area contributed by atoms with Crippen molar-refractivity contribution in [1.29, 1.82) is 0 Å². The number of benzene rings is 3. The summed E-state index contributed by atoms with van der Waals surface area (Å²) in [6.45, 7) is 2.87. The van der Waals surface area contributed by atoms with Crippen LogP contribution in [0.15, 0.2) is 84.9 Å². The fourth-order valence-electron chi connectivity index (χ4n) is 3.93. The second-order valence-electron chi connectivity index (χ2n) is 8.35. The first-order valence-electron chi connectivity index (χ1n) is 11.9. The summed E-state index contributed by atoms with van der Waals surface area (Å²) >= 11 is 0. The Morgan fingerprint density at radius 1 is 0.853 bits per heavy atom. The Balaban J connectivity index is 1.81. The van der Waals surface area contributed by atoms with Crippen LogP contribution in [0.1, 0.15) is 36.5 Å². The quantitative estimate of drug-likeness (QED) is 0.424. The fourth-order valence-corrected chi connectivity index (χ4v) is 3.93. The van der Waals surface area contributed by atoms with Crippen molar-refractivity contribution in [1.82, 2.24) is 10.2 Å². The van der Waals surface area contributed by atoms with Crippen molar-refractivity contribution in [3.05, 3.63) is 102 Å². The van der Waals surface area contributed by atoms with Gasteiger partial charge in [-0.3, -0.25) is 9.59 Å². The molecule has 0 saturated heterocycles. The molecule has 3 aromatic carbocycles. The SMILES string of the molecule is CCCC(=O)N(Cc1ccc(OC)cc1)[C@@H](Cc1ccccc1)C(=O)NCCc1ccccc1. The van der Waals surface area contributed by atoms with Crippen LogP contribution in [-0.4, -0.2) is 36.4 Å². The molecule has 2 amide bonds. The molecule has 0 aliphatic rings. The molecular weight excluding hydrogens is 424 g/mol. The van der Waals surface area contributed by atoms with E-state index in [2.05, 4.69) is 5.32 Å². The van der Waals surface area contributed by atoms with Crippen LogP contribution in [0.25, 0.3) is 0 Å². The maximum atomic E-state index is 13.5. The monoisotopic (exact) mass is 458 g/mol. The Bertz CT molecular complexity index is 1020. The number of methoxy groups -OCH3 is 1. The zero-order valence-electron chi connectivity index (χ0n) is 20.1. The van der Waals surface area contributed by atoms with E-state index in [1.807, 2.05) is 91.9 Å². The highest BCUT2D eigenvalue weighted by Gasteiger charge is 2.29. The van der Waals surface area contributed by atoms with Crippen LogP contribution in [-0.2, 0) is 29.0 Å². The molecule has 0 aliphatic heterocycles. The Hall–Kier alpha value is -3.60. The maximum absolute atomic E-state index is 13.5. The van der Waals surface area contributed by atoms with Gasteiger partial charge in [-0.2, -0.15) is 0 Å². The Morgan fingerprint density at radius 3 is 2.06 bits per heavy atom. The first kappa shape index (κ1) is 25.0. The second kappa shape index (κ2) is 13.2. The molecule has 1 atom stereocenters. The largest absolute Gasteiger partial charge is 0.497 e. The van der Waals surface area contributed by atoms with Gasteiger partial charge in [0.1, 0.15) is 11.8 Å². The van der Waals surface area contributed by atoms with Crippen molar-refractivity contribution in [3.8, 4) is 5.75 Å². The van der Waals surface area contributed by atoms with Gasteiger partial charge in [0.15, 0.2) is 0 Å². The molecule has 0 saturated carbocycles. The molecule has 0 fully saturated rings. The summed E-state index contributed by atoms with van der Waals surface area (Å²) in [4.78, 5) is 28.4. The number of carbonyl (C=O) groups excluding carboxylic acids is 2. The average Bonchev–Trinajstić information content (AvgIpc) is 2.88. The number of nitrogens with zero attached hydrogens (tertiary/aromatic N) is 1. The molecule has 0 aliphatic carbocycles. The van der Waals surface area contributed by atoms with Gasteiger partial charge < -0.3 is 15.0 Å². The van der Waals surface area contributed by atoms with Crippen molar-refractivity contribution in [3.63, 3.8) is 0 Å². The van der Waals surface area contributed by atoms with Crippen molar-refractivity contribution in [2.45, 2.75) is 45.2 Å². The molecule has 3 rings (SSSR count). The van der Waals surface area contributed by atoms with Gasteiger partial charge >= 0.3 is 0 Å². The summed E-state index contributed by atoms with van der Waals surface area (Å²) in [7, 11) is 1.63. The van der Waals surface area contributed by atoms with Gasteiger partial charge in [-0.05, 0) is 41.7 Å². The Kier molecular flexibility index (Phi) is 9.71. The number of hydrogen-bond acceptors (Lipinski definition) is 3. The predicted molar refractivity (Wildman–Crippen MR) is 136 cm³/mol. The summed E-state index contributed by atoms with van der Waals surface area (Å²) in [6.07, 6.45) is 2.33. The molecule has 178 valence electrons. The normalized spacial score (nSPS) is 11.5. The molecule has 0 unspecified atom stereocenters. The zero-order valence-corrected chi connectivity index (χ0v) is 20.1. The van der Waals surface area contributed by atoms with E-state index >= 15 is 0 Å². The van der Waals surface area contributed by atoms with E-state index in [-0.39, 0.29) is 11.8 Å². The van der Waals surface area contributed by atoms with E-state index < -0.39 is 6.04 Å². The van der Waals surface area contributed by atoms with Crippen LogP contribution >= 0.6 is 0 Å². The lowest BCUT2D eigenvalue weighted by molar-refractivity contribution is -0.141. The summed E-state index contributed by atoms with van der Waals surface area (Å²) < 4.78 is 5.26. The summed E-state index contributed by atoms with van der Waals surface area (Å²) in [6, 6.07) is 27.0. The molecule has 0 heterocycles. The number of nitrogens with one attached hydrogen (secondary N) is 1. The van der Waals surface area contributed by atoms with E-state index in [4.69, 9.17) is 4.74 Å². The fraction of sp³-hybridized carbons (Fsp3) is 0.310. The molecule has 3 aromatic rings. The topological polar surface area (TPSA) is 58.6 Å². The number of amides is 2. The lowest BCUT2D eigenvalue weighted by atomic mass is 10.0. The van der Waals surface area contributed by atoms with Crippen LogP contribution < -0.4 is 10.1 Å². The Morgan fingerprint density at radius 2 is 1.47 bits per heavy atom. The van der Waals surface area contributed by atoms with Crippen LogP contribution in [0.4, 0.5) is 0 Å². The molecule has 1 N–H and O–H groups in total. The minimum absolute atomic E-state index is 0.0162. The molecular formula is C29H34N2O3. The number of carbonyl (C=O) groups is 2. The highest BCUT2D eigenvalue weighted by atomic mass is 16.5. The third-order valence-corrected chi connectivity index (χ3v) is 5.80. The summed E-state index contributed by atoms with van der Waals surface area (Å²) in [5.74, 6) is 0.616. The molecule has 0 spiro atoms. The Labute approximate surface area is 202 Å². The van der Waals surface area contributed by atoms with Gasteiger partial charge in [-0.15, -0.1) is 0 Å². The van der Waals surface area contributed by atoms with Crippen molar-refractivity contribution in [2.24, 2.45) is 0 Å². The van der Waals surface area contributed by atoms with Gasteiger partial charge in [0.2, 0.25) is 11.8 Å². The van der Waals surface area contributed by atoms with Crippen LogP contribution in [0.2, 0.25) is 0 Å². The second-order valence-corrected chi connectivity index (χ2v) is 8.35. The molecule has 5 nitrogen and oxygen atoms in total. The van der Waals surface area contributed by atoms with E-state index in [1.54, 1.807) is 12.0 Å². The first-order valence-corrected chi connectivity index (χ1v) is 11.9. The standard InChI is InChI=1S/C29H34N2O3/c1-3-10-28(32)31(22-25-15-17-26(34-2)18-16-25)27(21-24-13-8-5-9-14-24)29(33)30-20-19-23-11-6-4-7-12-23/h4-9,11-18,27H,3,10,19-22H2,1-2H3,(H,30,33)/t27-/m0/s1. The maximum Gasteiger partial charge on any atom is 0.243 e. The van der Waals surface area contributed by atoms with E-state index in [9.17, 15) is 9.59 Å². The highest BCUT2D eigenvalue weighted by molar-refractivity contribution is 5.88. The molecule has 0 aromatic heterocycles. The predicted octanol–water partition coefficient (Wildman–Crippen LogP) is 4.79. The zero-order chi connectivity index (χ0) is 24.2. The van der Waals surface area contributed by atoms with Gasteiger partial charge in [0.25, 0.3) is 0 Å². The van der Waals surface area contributed by atoms with Crippen molar-refractivity contribution >= 4 is 11.8 Å². The third-order valence-electron chi connectivity index (χ3n) is 5.80. The highest BCUT2D eigenvalue weighted by Crippen LogP contribution is 2.18. The molecule has 0 radical (unpaired) electrons. The molecule has 0 bridgehead atoms. The minimum Gasteiger partial charge on any atom is -0.497 e. The average molecular weight is 459 g/mol. The van der Waals surface area contributed by atoms with E-state index in [0.29, 0.717) is 25.9 Å². The number of rotatable bonds is 12.